The largest absolute Gasteiger partial charge is 0.320 e. The highest BCUT2D eigenvalue weighted by molar-refractivity contribution is 5.76. The Morgan fingerprint density at radius 3 is 1.71 bits per heavy atom. The molecular formula is C19H16N4O. The topological polar surface area (TPSA) is 71.1 Å². The van der Waals surface area contributed by atoms with Crippen molar-refractivity contribution in [3.8, 4) is 12.1 Å². The molecule has 0 aliphatic carbocycles. The summed E-state index contributed by atoms with van der Waals surface area (Å²) in [6.45, 7) is 2.33. The van der Waals surface area contributed by atoms with Crippen LogP contribution in [-0.2, 0) is 13.1 Å². The van der Waals surface area contributed by atoms with Crippen LogP contribution < -0.4 is 0 Å². The predicted molar refractivity (Wildman–Crippen MR) is 88.5 cm³/mol. The number of hydrogen-bond acceptors (Lipinski definition) is 3. The fraction of sp³-hybridized carbons (Fsp3) is 0.211. The summed E-state index contributed by atoms with van der Waals surface area (Å²) < 4.78 is 0. The molecule has 0 saturated carbocycles. The average molecular weight is 316 g/mol. The molecule has 1 saturated heterocycles. The first kappa shape index (κ1) is 15.6. The molecule has 1 fully saturated rings. The molecular weight excluding hydrogens is 300 g/mol. The summed E-state index contributed by atoms with van der Waals surface area (Å²) >= 11 is 0. The minimum Gasteiger partial charge on any atom is -0.319 e. The Morgan fingerprint density at radius 1 is 0.833 bits per heavy atom. The maximum atomic E-state index is 12.5. The molecule has 2 aromatic carbocycles. The molecule has 2 aromatic rings. The number of benzene rings is 2. The van der Waals surface area contributed by atoms with Gasteiger partial charge in [0.25, 0.3) is 0 Å². The first-order valence-electron chi connectivity index (χ1n) is 7.71. The number of carbonyl (C=O) groups is 1. The Kier molecular flexibility index (Phi) is 4.45. The van der Waals surface area contributed by atoms with Crippen LogP contribution in [-0.4, -0.2) is 28.9 Å². The van der Waals surface area contributed by atoms with E-state index in [9.17, 15) is 4.79 Å². The molecule has 24 heavy (non-hydrogen) atoms. The fourth-order valence-electron chi connectivity index (χ4n) is 2.85. The van der Waals surface area contributed by atoms with E-state index in [2.05, 4.69) is 12.1 Å². The molecule has 1 heterocycles. The molecule has 118 valence electrons. The van der Waals surface area contributed by atoms with Crippen LogP contribution in [0, 0.1) is 22.7 Å². The average Bonchev–Trinajstić information content (AvgIpc) is 2.95. The molecule has 0 aromatic heterocycles. The molecule has 0 unspecified atom stereocenters. The van der Waals surface area contributed by atoms with Gasteiger partial charge in [-0.15, -0.1) is 0 Å². The highest BCUT2D eigenvalue weighted by Crippen LogP contribution is 2.17. The third-order valence-electron chi connectivity index (χ3n) is 4.04. The van der Waals surface area contributed by atoms with Crippen molar-refractivity contribution < 1.29 is 4.79 Å². The van der Waals surface area contributed by atoms with E-state index >= 15 is 0 Å². The maximum absolute atomic E-state index is 12.5. The molecule has 5 heteroatoms. The van der Waals surface area contributed by atoms with Crippen molar-refractivity contribution in [1.29, 1.82) is 10.5 Å². The van der Waals surface area contributed by atoms with Crippen LogP contribution in [0.1, 0.15) is 22.3 Å². The quantitative estimate of drug-likeness (QED) is 0.870. The summed E-state index contributed by atoms with van der Waals surface area (Å²) in [6.07, 6.45) is 0. The molecule has 1 aliphatic heterocycles. The van der Waals surface area contributed by atoms with Crippen molar-refractivity contribution in [1.82, 2.24) is 9.80 Å². The zero-order chi connectivity index (χ0) is 16.9. The van der Waals surface area contributed by atoms with Gasteiger partial charge < -0.3 is 9.80 Å². The van der Waals surface area contributed by atoms with E-state index in [1.807, 2.05) is 36.4 Å². The van der Waals surface area contributed by atoms with Gasteiger partial charge in [0.2, 0.25) is 0 Å². The number of nitriles is 2. The zero-order valence-corrected chi connectivity index (χ0v) is 13.1. The standard InChI is InChI=1S/C19H16N4O/c20-11-15-3-1-5-17(9-15)13-22-7-8-23(19(22)24)14-18-6-2-4-16(10-18)12-21/h1-6,9-10H,7-8,13-14H2. The lowest BCUT2D eigenvalue weighted by Crippen LogP contribution is -2.31. The van der Waals surface area contributed by atoms with Crippen molar-refractivity contribution in [3.05, 3.63) is 70.8 Å². The van der Waals surface area contributed by atoms with Gasteiger partial charge in [0, 0.05) is 26.2 Å². The minimum absolute atomic E-state index is 0.0141. The van der Waals surface area contributed by atoms with Crippen molar-refractivity contribution in [3.63, 3.8) is 0 Å². The molecule has 2 amide bonds. The Balaban J connectivity index is 1.66. The van der Waals surface area contributed by atoms with E-state index in [-0.39, 0.29) is 6.03 Å². The van der Waals surface area contributed by atoms with Crippen LogP contribution in [0.5, 0.6) is 0 Å². The summed E-state index contributed by atoms with van der Waals surface area (Å²) in [4.78, 5) is 16.1. The van der Waals surface area contributed by atoms with Crippen LogP contribution in [0.3, 0.4) is 0 Å². The van der Waals surface area contributed by atoms with Crippen LogP contribution in [0.25, 0.3) is 0 Å². The summed E-state index contributed by atoms with van der Waals surface area (Å²) in [7, 11) is 0. The zero-order valence-electron chi connectivity index (χ0n) is 13.1. The van der Waals surface area contributed by atoms with Gasteiger partial charge in [0.1, 0.15) is 0 Å². The molecule has 0 bridgehead atoms. The minimum atomic E-state index is -0.0141. The Labute approximate surface area is 141 Å². The smallest absolute Gasteiger partial charge is 0.319 e. The van der Waals surface area contributed by atoms with Gasteiger partial charge in [-0.3, -0.25) is 0 Å². The van der Waals surface area contributed by atoms with E-state index in [0.717, 1.165) is 11.1 Å². The van der Waals surface area contributed by atoms with Gasteiger partial charge in [-0.05, 0) is 35.4 Å². The monoisotopic (exact) mass is 316 g/mol. The number of hydrogen-bond donors (Lipinski definition) is 0. The maximum Gasteiger partial charge on any atom is 0.320 e. The molecule has 1 aliphatic rings. The van der Waals surface area contributed by atoms with E-state index in [1.54, 1.807) is 21.9 Å². The van der Waals surface area contributed by atoms with Crippen molar-refractivity contribution in [2.75, 3.05) is 13.1 Å². The Hall–Kier alpha value is -3.31. The third-order valence-corrected chi connectivity index (χ3v) is 4.04. The molecule has 3 rings (SSSR count). The van der Waals surface area contributed by atoms with Crippen molar-refractivity contribution in [2.24, 2.45) is 0 Å². The van der Waals surface area contributed by atoms with Crippen molar-refractivity contribution in [2.45, 2.75) is 13.1 Å². The lowest BCUT2D eigenvalue weighted by molar-refractivity contribution is 0.189. The number of amides is 2. The highest BCUT2D eigenvalue weighted by atomic mass is 16.2. The summed E-state index contributed by atoms with van der Waals surface area (Å²) in [5.41, 5.74) is 3.11. The van der Waals surface area contributed by atoms with Gasteiger partial charge >= 0.3 is 6.03 Å². The van der Waals surface area contributed by atoms with Gasteiger partial charge in [-0.2, -0.15) is 10.5 Å². The third kappa shape index (κ3) is 3.37. The molecule has 5 nitrogen and oxygen atoms in total. The number of carbonyl (C=O) groups excluding carboxylic acids is 1. The lowest BCUT2D eigenvalue weighted by atomic mass is 10.1. The Bertz CT molecular complexity index is 777. The van der Waals surface area contributed by atoms with Crippen LogP contribution >= 0.6 is 0 Å². The van der Waals surface area contributed by atoms with Gasteiger partial charge in [0.05, 0.1) is 23.3 Å². The number of urea groups is 1. The number of rotatable bonds is 4. The Morgan fingerprint density at radius 2 is 1.29 bits per heavy atom. The first-order valence-corrected chi connectivity index (χ1v) is 7.71. The lowest BCUT2D eigenvalue weighted by Gasteiger charge is -2.19. The molecule has 0 spiro atoms. The number of nitrogens with zero attached hydrogens (tertiary/aromatic N) is 4. The van der Waals surface area contributed by atoms with Gasteiger partial charge in [-0.1, -0.05) is 24.3 Å². The second-order valence-electron chi connectivity index (χ2n) is 5.75. The first-order chi connectivity index (χ1) is 11.7. The second kappa shape index (κ2) is 6.85. The van der Waals surface area contributed by atoms with Crippen LogP contribution in [0.15, 0.2) is 48.5 Å². The molecule has 0 N–H and O–H groups in total. The molecule has 0 radical (unpaired) electrons. The molecule has 0 atom stereocenters. The van der Waals surface area contributed by atoms with Gasteiger partial charge in [-0.25, -0.2) is 4.79 Å². The predicted octanol–water partition coefficient (Wildman–Crippen LogP) is 2.87. The van der Waals surface area contributed by atoms with E-state index < -0.39 is 0 Å². The van der Waals surface area contributed by atoms with Crippen molar-refractivity contribution >= 4 is 6.03 Å². The SMILES string of the molecule is N#Cc1cccc(CN2CCN(Cc3cccc(C#N)c3)C2=O)c1. The summed E-state index contributed by atoms with van der Waals surface area (Å²) in [6, 6.07) is 18.9. The summed E-state index contributed by atoms with van der Waals surface area (Å²) in [5, 5.41) is 17.9. The van der Waals surface area contributed by atoms with Crippen LogP contribution in [0.2, 0.25) is 0 Å². The van der Waals surface area contributed by atoms with Gasteiger partial charge in [0.15, 0.2) is 0 Å². The van der Waals surface area contributed by atoms with E-state index in [4.69, 9.17) is 10.5 Å². The summed E-state index contributed by atoms with van der Waals surface area (Å²) in [5.74, 6) is 0. The van der Waals surface area contributed by atoms with E-state index in [0.29, 0.717) is 37.3 Å². The van der Waals surface area contributed by atoms with E-state index in [1.165, 1.54) is 0 Å². The highest BCUT2D eigenvalue weighted by Gasteiger charge is 2.28. The van der Waals surface area contributed by atoms with Crippen LogP contribution in [0.4, 0.5) is 4.79 Å². The second-order valence-corrected chi connectivity index (χ2v) is 5.75. The normalized spacial score (nSPS) is 13.7. The fourth-order valence-corrected chi connectivity index (χ4v) is 2.85.